The number of nitrogens with one attached hydrogen (secondary N) is 1. The van der Waals surface area contributed by atoms with Gasteiger partial charge in [-0.15, -0.1) is 0 Å². The number of oxime groups is 1. The van der Waals surface area contributed by atoms with Crippen LogP contribution in [0.1, 0.15) is 61.0 Å². The van der Waals surface area contributed by atoms with Crippen molar-refractivity contribution in [3.63, 3.8) is 0 Å². The first kappa shape index (κ1) is 24.8. The lowest BCUT2D eigenvalue weighted by Gasteiger charge is -2.28. The summed E-state index contributed by atoms with van der Waals surface area (Å²) in [5, 5.41) is 6.94. The van der Waals surface area contributed by atoms with Crippen molar-refractivity contribution in [3.8, 4) is 0 Å². The summed E-state index contributed by atoms with van der Waals surface area (Å²) in [5.41, 5.74) is -0.694. The molecule has 33 heavy (non-hydrogen) atoms. The van der Waals surface area contributed by atoms with Crippen molar-refractivity contribution in [2.45, 2.75) is 58.2 Å². The van der Waals surface area contributed by atoms with Gasteiger partial charge < -0.3 is 14.9 Å². The molecule has 6 nitrogen and oxygen atoms in total. The second kappa shape index (κ2) is 9.57. The second-order valence-electron chi connectivity index (χ2n) is 9.26. The summed E-state index contributed by atoms with van der Waals surface area (Å²) in [4.78, 5) is 30.7. The van der Waals surface area contributed by atoms with E-state index in [4.69, 9.17) is 9.57 Å². The van der Waals surface area contributed by atoms with Crippen LogP contribution in [-0.4, -0.2) is 37.3 Å². The van der Waals surface area contributed by atoms with Crippen LogP contribution in [-0.2, 0) is 27.0 Å². The van der Waals surface area contributed by atoms with E-state index in [0.717, 1.165) is 31.0 Å². The normalized spacial score (nSPS) is 23.9. The Labute approximate surface area is 191 Å². The Morgan fingerprint density at radius 1 is 1.21 bits per heavy atom. The first-order valence-electron chi connectivity index (χ1n) is 10.9. The number of hydrogen-bond donors (Lipinski definition) is 1. The zero-order valence-electron chi connectivity index (χ0n) is 19.1. The van der Waals surface area contributed by atoms with Gasteiger partial charge >= 0.3 is 12.1 Å². The van der Waals surface area contributed by atoms with E-state index in [0.29, 0.717) is 18.6 Å². The van der Waals surface area contributed by atoms with Crippen molar-refractivity contribution in [1.82, 2.24) is 5.32 Å². The highest BCUT2D eigenvalue weighted by Gasteiger charge is 2.37. The standard InChI is InChI=1S/C24H29F3N2O4/c1-14-11-16-12-17(24(25,26)27)7-8-18(16)21(30)28-13-23(2,3)20(29-32-4)10-9-19(15-5-6-15)33-22(14)31/h7-8,12,15,19H,1,5-6,9-11,13H2,2-4H3,(H,28,30)/b29-20+. The molecule has 1 N–H and O–H groups in total. The summed E-state index contributed by atoms with van der Waals surface area (Å²) in [7, 11) is 1.43. The highest BCUT2D eigenvalue weighted by molar-refractivity contribution is 5.97. The molecule has 0 saturated heterocycles. The lowest BCUT2D eigenvalue weighted by molar-refractivity contribution is -0.145. The molecule has 1 aromatic rings. The topological polar surface area (TPSA) is 77.0 Å². The Bertz CT molecular complexity index is 965. The van der Waals surface area contributed by atoms with E-state index in [1.165, 1.54) is 7.11 Å². The van der Waals surface area contributed by atoms with E-state index < -0.39 is 29.0 Å². The fourth-order valence-corrected chi connectivity index (χ4v) is 3.91. The van der Waals surface area contributed by atoms with Crippen molar-refractivity contribution in [1.29, 1.82) is 0 Å². The summed E-state index contributed by atoms with van der Waals surface area (Å²) in [6, 6.07) is 2.87. The van der Waals surface area contributed by atoms with Crippen LogP contribution in [0.25, 0.3) is 0 Å². The van der Waals surface area contributed by atoms with Gasteiger partial charge in [-0.2, -0.15) is 13.2 Å². The van der Waals surface area contributed by atoms with Crippen molar-refractivity contribution in [2.75, 3.05) is 13.7 Å². The molecule has 3 rings (SSSR count). The number of halogens is 3. The van der Waals surface area contributed by atoms with E-state index in [2.05, 4.69) is 17.1 Å². The summed E-state index contributed by atoms with van der Waals surface area (Å²) in [6.45, 7) is 7.72. The van der Waals surface area contributed by atoms with E-state index >= 15 is 0 Å². The molecule has 1 amide bonds. The maximum Gasteiger partial charge on any atom is 0.416 e. The number of benzene rings is 1. The summed E-state index contributed by atoms with van der Waals surface area (Å²) in [6.07, 6.45) is -2.23. The number of hydrogen-bond acceptors (Lipinski definition) is 5. The molecule has 0 bridgehead atoms. The van der Waals surface area contributed by atoms with Gasteiger partial charge in [0, 0.05) is 29.5 Å². The molecule has 1 atom stereocenters. The molecular weight excluding hydrogens is 437 g/mol. The van der Waals surface area contributed by atoms with Crippen LogP contribution in [0.5, 0.6) is 0 Å². The minimum absolute atomic E-state index is 0.00260. The molecule has 1 aliphatic heterocycles. The minimum atomic E-state index is -4.59. The van der Waals surface area contributed by atoms with Crippen LogP contribution in [0.15, 0.2) is 35.5 Å². The molecule has 0 radical (unpaired) electrons. The van der Waals surface area contributed by atoms with Gasteiger partial charge in [0.2, 0.25) is 0 Å². The van der Waals surface area contributed by atoms with Crippen molar-refractivity contribution in [3.05, 3.63) is 47.0 Å². The zero-order valence-corrected chi connectivity index (χ0v) is 19.1. The maximum absolute atomic E-state index is 13.3. The van der Waals surface area contributed by atoms with Gasteiger partial charge in [-0.05, 0) is 55.4 Å². The lowest BCUT2D eigenvalue weighted by Crippen LogP contribution is -2.40. The van der Waals surface area contributed by atoms with Gasteiger partial charge in [-0.25, -0.2) is 4.79 Å². The molecule has 1 aliphatic carbocycles. The molecular formula is C24H29F3N2O4. The predicted molar refractivity (Wildman–Crippen MR) is 117 cm³/mol. The van der Waals surface area contributed by atoms with Gasteiger partial charge in [0.1, 0.15) is 13.2 Å². The average Bonchev–Trinajstić information content (AvgIpc) is 3.57. The largest absolute Gasteiger partial charge is 0.459 e. The molecule has 180 valence electrons. The van der Waals surface area contributed by atoms with E-state index in [1.54, 1.807) is 0 Å². The number of ether oxygens (including phenoxy) is 1. The van der Waals surface area contributed by atoms with E-state index in [1.807, 2.05) is 13.8 Å². The van der Waals surface area contributed by atoms with Gasteiger partial charge in [-0.3, -0.25) is 4.79 Å². The molecule has 1 unspecified atom stereocenters. The number of esters is 1. The van der Waals surface area contributed by atoms with Crippen LogP contribution in [0.2, 0.25) is 0 Å². The minimum Gasteiger partial charge on any atom is -0.459 e. The smallest absolute Gasteiger partial charge is 0.416 e. The number of amides is 1. The third-order valence-corrected chi connectivity index (χ3v) is 6.12. The Balaban J connectivity index is 2.00. The predicted octanol–water partition coefficient (Wildman–Crippen LogP) is 4.68. The first-order chi connectivity index (χ1) is 15.4. The number of carbonyl (C=O) groups excluding carboxylic acids is 2. The van der Waals surface area contributed by atoms with Crippen molar-refractivity contribution < 1.29 is 32.3 Å². The highest BCUT2D eigenvalue weighted by Crippen LogP contribution is 2.38. The van der Waals surface area contributed by atoms with Crippen LogP contribution in [0, 0.1) is 11.3 Å². The fourth-order valence-electron chi connectivity index (χ4n) is 3.91. The first-order valence-corrected chi connectivity index (χ1v) is 10.9. The molecule has 1 heterocycles. The second-order valence-corrected chi connectivity index (χ2v) is 9.26. The van der Waals surface area contributed by atoms with E-state index in [-0.39, 0.29) is 41.7 Å². The van der Waals surface area contributed by atoms with Crippen molar-refractivity contribution >= 4 is 17.6 Å². The number of cyclic esters (lactones) is 1. The summed E-state index contributed by atoms with van der Waals surface area (Å²) >= 11 is 0. The van der Waals surface area contributed by atoms with E-state index in [9.17, 15) is 22.8 Å². The van der Waals surface area contributed by atoms with Gasteiger partial charge in [0.05, 0.1) is 11.3 Å². The SMILES string of the molecule is C=C1Cc2cc(C(F)(F)F)ccc2C(=O)NCC(C)(C)/C(=N/OC)CCC(C2CC2)OC1=O. The third-order valence-electron chi connectivity index (χ3n) is 6.12. The van der Waals surface area contributed by atoms with Crippen LogP contribution in [0.4, 0.5) is 13.2 Å². The zero-order chi connectivity index (χ0) is 24.4. The highest BCUT2D eigenvalue weighted by atomic mass is 19.4. The summed E-state index contributed by atoms with van der Waals surface area (Å²) < 4.78 is 45.6. The summed E-state index contributed by atoms with van der Waals surface area (Å²) in [5.74, 6) is -0.972. The molecule has 1 saturated carbocycles. The molecule has 1 aromatic carbocycles. The Morgan fingerprint density at radius 3 is 2.52 bits per heavy atom. The number of rotatable bonds is 2. The number of alkyl halides is 3. The Kier molecular flexibility index (Phi) is 7.19. The van der Waals surface area contributed by atoms with Gasteiger partial charge in [0.15, 0.2) is 0 Å². The van der Waals surface area contributed by atoms with Crippen LogP contribution in [0.3, 0.4) is 0 Å². The van der Waals surface area contributed by atoms with Gasteiger partial charge in [0.25, 0.3) is 5.91 Å². The molecule has 0 spiro atoms. The lowest BCUT2D eigenvalue weighted by atomic mass is 9.83. The number of fused-ring (bicyclic) bond motifs is 1. The molecule has 2 aliphatic rings. The number of nitrogens with zero attached hydrogens (tertiary/aromatic N) is 1. The number of carbonyl (C=O) groups is 2. The molecule has 9 heteroatoms. The molecule has 1 fully saturated rings. The quantitative estimate of drug-likeness (QED) is 0.390. The monoisotopic (exact) mass is 466 g/mol. The molecule has 0 aromatic heterocycles. The van der Waals surface area contributed by atoms with Gasteiger partial charge in [-0.1, -0.05) is 25.6 Å². The Hall–Kier alpha value is -2.84. The van der Waals surface area contributed by atoms with Crippen LogP contribution < -0.4 is 5.32 Å². The maximum atomic E-state index is 13.3. The van der Waals surface area contributed by atoms with Crippen LogP contribution >= 0.6 is 0 Å². The average molecular weight is 467 g/mol. The Morgan fingerprint density at radius 2 is 1.91 bits per heavy atom. The third kappa shape index (κ3) is 6.15. The fraction of sp³-hybridized carbons (Fsp3) is 0.542. The van der Waals surface area contributed by atoms with Crippen molar-refractivity contribution in [2.24, 2.45) is 16.5 Å².